The fraction of sp³-hybridized carbons (Fsp3) is 0.887. The first kappa shape index (κ1) is 58.6. The molecule has 0 amide bonds. The maximum Gasteiger partial charge on any atom is 0.305 e. The van der Waals surface area contributed by atoms with Gasteiger partial charge in [-0.3, -0.25) is 19.2 Å². The van der Waals surface area contributed by atoms with Crippen LogP contribution >= 0.6 is 0 Å². The van der Waals surface area contributed by atoms with Gasteiger partial charge in [0.2, 0.25) is 0 Å². The van der Waals surface area contributed by atoms with Crippen LogP contribution in [0, 0.1) is 5.92 Å². The Kier molecular flexibility index (Phi) is 40.4. The number of hydrogen-bond acceptors (Lipinski definition) is 9. The number of morpholine rings is 1. The molecule has 1 fully saturated rings. The maximum absolute atomic E-state index is 12.4. The highest BCUT2D eigenvalue weighted by Crippen LogP contribution is 2.25. The van der Waals surface area contributed by atoms with E-state index in [0.717, 1.165) is 57.7 Å². The molecule has 0 spiro atoms. The van der Waals surface area contributed by atoms with E-state index in [1.165, 1.54) is 180 Å². The molecule has 63 heavy (non-hydrogen) atoms. The molecule has 368 valence electrons. The van der Waals surface area contributed by atoms with Crippen molar-refractivity contribution < 1.29 is 24.2 Å². The predicted octanol–water partition coefficient (Wildman–Crippen LogP) is 13.0. The summed E-state index contributed by atoms with van der Waals surface area (Å²) < 4.78 is 10.9. The van der Waals surface area contributed by atoms with Gasteiger partial charge in [0, 0.05) is 26.1 Å². The van der Waals surface area contributed by atoms with E-state index < -0.39 is 0 Å². The van der Waals surface area contributed by atoms with Crippen molar-refractivity contribution in [3.63, 3.8) is 0 Å². The van der Waals surface area contributed by atoms with Crippen LogP contribution in [-0.2, 0) is 19.1 Å². The lowest BCUT2D eigenvalue weighted by molar-refractivity contribution is -0.143. The molecule has 1 saturated heterocycles. The Balaban J connectivity index is 0.00000642. The first-order valence-corrected chi connectivity index (χ1v) is 26.8. The van der Waals surface area contributed by atoms with Crippen LogP contribution in [0.15, 0.2) is 9.59 Å². The molecule has 1 aliphatic heterocycles. The summed E-state index contributed by atoms with van der Waals surface area (Å²) in [5.74, 6) is 0.914. The molecule has 0 unspecified atom stereocenters. The summed E-state index contributed by atoms with van der Waals surface area (Å²) in [4.78, 5) is 50.0. The predicted molar refractivity (Wildman–Crippen MR) is 266 cm³/mol. The first-order valence-electron chi connectivity index (χ1n) is 26.8. The second-order valence-electron chi connectivity index (χ2n) is 18.6. The summed E-state index contributed by atoms with van der Waals surface area (Å²) in [5, 5.41) is 10.2. The van der Waals surface area contributed by atoms with Crippen LogP contribution < -0.4 is 21.1 Å². The van der Waals surface area contributed by atoms with Gasteiger partial charge in [-0.2, -0.15) is 0 Å². The Morgan fingerprint density at radius 2 is 1.03 bits per heavy atom. The summed E-state index contributed by atoms with van der Waals surface area (Å²) >= 11 is 0. The zero-order chi connectivity index (χ0) is 45.9. The zero-order valence-electron chi connectivity index (χ0n) is 41.4. The third-order valence-corrected chi connectivity index (χ3v) is 13.1. The number of esters is 1. The van der Waals surface area contributed by atoms with Gasteiger partial charge in [-0.25, -0.2) is 0 Å². The van der Waals surface area contributed by atoms with Gasteiger partial charge in [-0.1, -0.05) is 201 Å². The van der Waals surface area contributed by atoms with Crippen molar-refractivity contribution in [3.05, 3.63) is 20.4 Å². The molecule has 2 N–H and O–H groups in total. The Morgan fingerprint density at radius 3 is 1.52 bits per heavy atom. The van der Waals surface area contributed by atoms with Crippen LogP contribution in [0.25, 0.3) is 0 Å². The molecular weight excluding hydrogens is 791 g/mol. The van der Waals surface area contributed by atoms with Gasteiger partial charge < -0.3 is 29.7 Å². The molecule has 10 nitrogen and oxygen atoms in total. The Hall–Kier alpha value is -2.46. The topological polar surface area (TPSA) is 125 Å². The van der Waals surface area contributed by atoms with Crippen LogP contribution in [0.3, 0.4) is 0 Å². The third kappa shape index (κ3) is 32.0. The van der Waals surface area contributed by atoms with Crippen molar-refractivity contribution in [3.8, 4) is 0 Å². The third-order valence-electron chi connectivity index (χ3n) is 13.1. The molecule has 10 heteroatoms. The number of unbranched alkanes of at least 4 members (excludes halogenated alkanes) is 24. The quantitative estimate of drug-likeness (QED) is 0.0283. The monoisotopic (exact) mass is 890 g/mol. The van der Waals surface area contributed by atoms with Gasteiger partial charge in [0.05, 0.1) is 19.8 Å². The SMILES string of the molecule is CCCCCCCCCOC(=O)CCCCCCCN(CCCCCCCC(CCCCCCCC)CCCCCCCC)CCCNc1c(N2CCOCC2)c(=O)c1=O.O=CO. The molecule has 0 aliphatic carbocycles. The number of nitrogens with one attached hydrogen (secondary N) is 1. The number of ether oxygens (including phenoxy) is 2. The fourth-order valence-electron chi connectivity index (χ4n) is 9.09. The largest absolute Gasteiger partial charge is 0.483 e. The number of carboxylic acid groups (broad SMARTS) is 1. The molecule has 1 aliphatic rings. The van der Waals surface area contributed by atoms with E-state index in [2.05, 4.69) is 31.0 Å². The Bertz CT molecular complexity index is 1230. The molecule has 0 saturated carbocycles. The van der Waals surface area contributed by atoms with Crippen molar-refractivity contribution in [1.29, 1.82) is 0 Å². The number of carbonyl (C=O) groups excluding carboxylic acids is 1. The zero-order valence-corrected chi connectivity index (χ0v) is 41.4. The van der Waals surface area contributed by atoms with E-state index in [9.17, 15) is 14.4 Å². The average Bonchev–Trinajstić information content (AvgIpc) is 3.29. The summed E-state index contributed by atoms with van der Waals surface area (Å²) in [5.41, 5.74) is 0.354. The normalized spacial score (nSPS) is 12.9. The van der Waals surface area contributed by atoms with Gasteiger partial charge >= 0.3 is 5.97 Å². The lowest BCUT2D eigenvalue weighted by Gasteiger charge is -2.31. The van der Waals surface area contributed by atoms with Gasteiger partial charge in [0.1, 0.15) is 11.4 Å². The van der Waals surface area contributed by atoms with Gasteiger partial charge in [0.15, 0.2) is 0 Å². The van der Waals surface area contributed by atoms with Crippen LogP contribution in [0.2, 0.25) is 0 Å². The summed E-state index contributed by atoms with van der Waals surface area (Å²) in [6.45, 7) is 13.6. The van der Waals surface area contributed by atoms with Crippen molar-refractivity contribution in [2.75, 3.05) is 69.3 Å². The highest BCUT2D eigenvalue weighted by molar-refractivity contribution is 5.75. The van der Waals surface area contributed by atoms with Crippen molar-refractivity contribution in [2.24, 2.45) is 5.92 Å². The molecule has 1 heterocycles. The smallest absolute Gasteiger partial charge is 0.305 e. The minimum Gasteiger partial charge on any atom is -0.483 e. The number of carbonyl (C=O) groups is 2. The highest BCUT2D eigenvalue weighted by Gasteiger charge is 2.27. The van der Waals surface area contributed by atoms with Crippen molar-refractivity contribution >= 4 is 23.8 Å². The van der Waals surface area contributed by atoms with Crippen LogP contribution in [0.5, 0.6) is 0 Å². The van der Waals surface area contributed by atoms with Gasteiger partial charge in [-0.05, 0) is 57.7 Å². The minimum absolute atomic E-state index is 0.0253. The Labute approximate surface area is 386 Å². The van der Waals surface area contributed by atoms with E-state index in [4.69, 9.17) is 19.4 Å². The van der Waals surface area contributed by atoms with Crippen LogP contribution in [-0.4, -0.2) is 81.5 Å². The molecule has 0 radical (unpaired) electrons. The lowest BCUT2D eigenvalue weighted by atomic mass is 9.89. The van der Waals surface area contributed by atoms with Crippen molar-refractivity contribution in [2.45, 2.75) is 239 Å². The van der Waals surface area contributed by atoms with E-state index in [1.54, 1.807) is 0 Å². The number of rotatable bonds is 44. The van der Waals surface area contributed by atoms with Gasteiger partial charge in [0.25, 0.3) is 17.3 Å². The lowest BCUT2D eigenvalue weighted by Crippen LogP contribution is -2.47. The molecule has 1 aromatic carbocycles. The van der Waals surface area contributed by atoms with Gasteiger partial charge in [-0.15, -0.1) is 0 Å². The minimum atomic E-state index is -0.370. The molecule has 2 rings (SSSR count). The number of nitrogens with zero attached hydrogens (tertiary/aromatic N) is 2. The average molecular weight is 890 g/mol. The first-order chi connectivity index (χ1) is 30.9. The standard InChI is InChI=1S/C52H97N3O5.CH2O2/c1-4-7-10-13-16-25-32-44-60-48(56)37-29-22-18-24-31-40-54(41-33-38-53-49-50(52(58)51(49)57)55-42-45-59-46-43-55)39-30-23-17-21-28-36-47(34-26-19-14-11-8-5-2)35-27-20-15-12-9-6-3;2-1-3/h47,53H,4-46H2,1-3H3;1H,(H,2,3). The molecule has 1 aromatic rings. The number of hydrogen-bond donors (Lipinski definition) is 2. The van der Waals surface area contributed by atoms with E-state index >= 15 is 0 Å². The fourth-order valence-corrected chi connectivity index (χ4v) is 9.09. The molecular formula is C53H99N3O7. The van der Waals surface area contributed by atoms with Crippen LogP contribution in [0.4, 0.5) is 11.4 Å². The summed E-state index contributed by atoms with van der Waals surface area (Å²) in [6.07, 6.45) is 43.5. The summed E-state index contributed by atoms with van der Waals surface area (Å²) in [6, 6.07) is 0. The molecule has 0 bridgehead atoms. The van der Waals surface area contributed by atoms with E-state index in [-0.39, 0.29) is 23.3 Å². The second-order valence-corrected chi connectivity index (χ2v) is 18.6. The highest BCUT2D eigenvalue weighted by atomic mass is 16.5. The Morgan fingerprint density at radius 1 is 0.619 bits per heavy atom. The second kappa shape index (κ2) is 43.4. The van der Waals surface area contributed by atoms with Crippen molar-refractivity contribution in [1.82, 2.24) is 4.90 Å². The molecule has 0 atom stereocenters. The number of anilines is 2. The molecule has 0 aromatic heterocycles. The maximum atomic E-state index is 12.4. The van der Waals surface area contributed by atoms with Crippen LogP contribution in [0.1, 0.15) is 239 Å². The van der Waals surface area contributed by atoms with E-state index in [0.29, 0.717) is 57.3 Å². The summed E-state index contributed by atoms with van der Waals surface area (Å²) in [7, 11) is 0. The van der Waals surface area contributed by atoms with E-state index in [1.807, 2.05) is 4.90 Å².